The molecule has 1 unspecified atom stereocenters. The van der Waals surface area contributed by atoms with Crippen LogP contribution >= 0.6 is 0 Å². The maximum atomic E-state index is 3.87. The molecule has 1 aliphatic rings. The second kappa shape index (κ2) is 8.29. The first kappa shape index (κ1) is 17.0. The minimum atomic E-state index is 0.553. The van der Waals surface area contributed by atoms with Gasteiger partial charge >= 0.3 is 0 Å². The molecule has 114 valence electrons. The molecule has 0 radical (unpaired) electrons. The Hall–Kier alpha value is -0.0400. The van der Waals surface area contributed by atoms with E-state index in [9.17, 15) is 0 Å². The molecule has 0 saturated heterocycles. The van der Waals surface area contributed by atoms with Gasteiger partial charge in [-0.15, -0.1) is 0 Å². The molecule has 0 amide bonds. The zero-order valence-corrected chi connectivity index (χ0v) is 14.1. The summed E-state index contributed by atoms with van der Waals surface area (Å²) in [7, 11) is 0. The SMILES string of the molecule is CCCCCC(C)NC1CCC(C(C)(C)CC)CC1. The summed E-state index contributed by atoms with van der Waals surface area (Å²) in [5.74, 6) is 0.950. The van der Waals surface area contributed by atoms with E-state index >= 15 is 0 Å². The Morgan fingerprint density at radius 2 is 1.68 bits per heavy atom. The first-order chi connectivity index (χ1) is 8.99. The Morgan fingerprint density at radius 1 is 1.05 bits per heavy atom. The molecule has 1 atom stereocenters. The molecular weight excluding hydrogens is 230 g/mol. The zero-order valence-electron chi connectivity index (χ0n) is 14.1. The third-order valence-corrected chi connectivity index (χ3v) is 5.50. The van der Waals surface area contributed by atoms with Crippen molar-refractivity contribution in [1.82, 2.24) is 5.32 Å². The molecule has 1 N–H and O–H groups in total. The van der Waals surface area contributed by atoms with Gasteiger partial charge < -0.3 is 5.32 Å². The predicted molar refractivity (Wildman–Crippen MR) is 86.6 cm³/mol. The highest BCUT2D eigenvalue weighted by atomic mass is 14.9. The quantitative estimate of drug-likeness (QED) is 0.569. The number of rotatable bonds is 8. The highest BCUT2D eigenvalue weighted by molar-refractivity contribution is 4.85. The molecule has 1 fully saturated rings. The van der Waals surface area contributed by atoms with E-state index in [0.717, 1.165) is 12.0 Å². The van der Waals surface area contributed by atoms with E-state index in [1.54, 1.807) is 0 Å². The van der Waals surface area contributed by atoms with E-state index in [0.29, 0.717) is 11.5 Å². The van der Waals surface area contributed by atoms with Crippen LogP contribution in [0.25, 0.3) is 0 Å². The zero-order chi connectivity index (χ0) is 14.3. The highest BCUT2D eigenvalue weighted by Gasteiger charge is 2.31. The summed E-state index contributed by atoms with van der Waals surface area (Å²) in [5.41, 5.74) is 0.553. The first-order valence-corrected chi connectivity index (χ1v) is 8.75. The van der Waals surface area contributed by atoms with Gasteiger partial charge in [0.15, 0.2) is 0 Å². The average Bonchev–Trinajstić information content (AvgIpc) is 2.39. The maximum absolute atomic E-state index is 3.87. The van der Waals surface area contributed by atoms with Crippen molar-refractivity contribution in [3.63, 3.8) is 0 Å². The largest absolute Gasteiger partial charge is 0.312 e. The van der Waals surface area contributed by atoms with Gasteiger partial charge in [0.25, 0.3) is 0 Å². The predicted octanol–water partition coefficient (Wildman–Crippen LogP) is 5.54. The van der Waals surface area contributed by atoms with E-state index in [2.05, 4.69) is 39.9 Å². The summed E-state index contributed by atoms with van der Waals surface area (Å²) in [5, 5.41) is 3.87. The van der Waals surface area contributed by atoms with E-state index in [-0.39, 0.29) is 0 Å². The van der Waals surface area contributed by atoms with Crippen LogP contribution in [0.3, 0.4) is 0 Å². The standard InChI is InChI=1S/C18H37N/c1-6-8-9-10-15(3)19-17-13-11-16(12-14-17)18(4,5)7-2/h15-17,19H,6-14H2,1-5H3. The van der Waals surface area contributed by atoms with Crippen LogP contribution < -0.4 is 5.32 Å². The lowest BCUT2D eigenvalue weighted by Crippen LogP contribution is -2.41. The van der Waals surface area contributed by atoms with Crippen LogP contribution in [0.15, 0.2) is 0 Å². The molecule has 0 heterocycles. The number of hydrogen-bond acceptors (Lipinski definition) is 1. The smallest absolute Gasteiger partial charge is 0.00697 e. The summed E-state index contributed by atoms with van der Waals surface area (Å²) in [6, 6.07) is 1.51. The van der Waals surface area contributed by atoms with Crippen LogP contribution in [0.2, 0.25) is 0 Å². The number of hydrogen-bond donors (Lipinski definition) is 1. The Bertz CT molecular complexity index is 226. The molecule has 0 bridgehead atoms. The van der Waals surface area contributed by atoms with Crippen LogP contribution in [0.4, 0.5) is 0 Å². The van der Waals surface area contributed by atoms with E-state index in [1.807, 2.05) is 0 Å². The highest BCUT2D eigenvalue weighted by Crippen LogP contribution is 2.40. The van der Waals surface area contributed by atoms with Crippen LogP contribution in [0, 0.1) is 11.3 Å². The van der Waals surface area contributed by atoms with Gasteiger partial charge in [-0.1, -0.05) is 53.4 Å². The maximum Gasteiger partial charge on any atom is 0.00697 e. The van der Waals surface area contributed by atoms with E-state index < -0.39 is 0 Å². The van der Waals surface area contributed by atoms with Crippen molar-refractivity contribution in [2.24, 2.45) is 11.3 Å². The van der Waals surface area contributed by atoms with Crippen LogP contribution in [-0.2, 0) is 0 Å². The van der Waals surface area contributed by atoms with Gasteiger partial charge in [0.1, 0.15) is 0 Å². The van der Waals surface area contributed by atoms with Crippen molar-refractivity contribution in [1.29, 1.82) is 0 Å². The minimum absolute atomic E-state index is 0.553. The fourth-order valence-corrected chi connectivity index (χ4v) is 3.52. The summed E-state index contributed by atoms with van der Waals surface area (Å²) >= 11 is 0. The van der Waals surface area contributed by atoms with Gasteiger partial charge in [0.05, 0.1) is 0 Å². The van der Waals surface area contributed by atoms with Gasteiger partial charge in [-0.25, -0.2) is 0 Å². The Morgan fingerprint density at radius 3 is 2.21 bits per heavy atom. The molecule has 0 aromatic carbocycles. The normalized spacial score (nSPS) is 26.4. The summed E-state index contributed by atoms with van der Waals surface area (Å²) in [6.45, 7) is 11.9. The van der Waals surface area contributed by atoms with Crippen molar-refractivity contribution in [2.45, 2.75) is 104 Å². The molecule has 1 heteroatoms. The summed E-state index contributed by atoms with van der Waals surface area (Å²) in [6.07, 6.45) is 12.5. The van der Waals surface area contributed by atoms with Gasteiger partial charge in [-0.2, -0.15) is 0 Å². The summed E-state index contributed by atoms with van der Waals surface area (Å²) < 4.78 is 0. The van der Waals surface area contributed by atoms with Crippen molar-refractivity contribution in [2.75, 3.05) is 0 Å². The molecule has 0 aliphatic heterocycles. The molecule has 1 saturated carbocycles. The average molecular weight is 268 g/mol. The number of nitrogens with one attached hydrogen (secondary N) is 1. The molecule has 0 aromatic heterocycles. The lowest BCUT2D eigenvalue weighted by molar-refractivity contribution is 0.134. The molecule has 19 heavy (non-hydrogen) atoms. The van der Waals surface area contributed by atoms with E-state index in [1.165, 1.54) is 57.8 Å². The minimum Gasteiger partial charge on any atom is -0.312 e. The third kappa shape index (κ3) is 5.85. The van der Waals surface area contributed by atoms with Crippen LogP contribution in [0.5, 0.6) is 0 Å². The molecule has 1 nitrogen and oxygen atoms in total. The van der Waals surface area contributed by atoms with Gasteiger partial charge in [-0.3, -0.25) is 0 Å². The fraction of sp³-hybridized carbons (Fsp3) is 1.00. The van der Waals surface area contributed by atoms with Crippen LogP contribution in [-0.4, -0.2) is 12.1 Å². The first-order valence-electron chi connectivity index (χ1n) is 8.75. The molecule has 0 aromatic rings. The molecule has 1 aliphatic carbocycles. The lowest BCUT2D eigenvalue weighted by Gasteiger charge is -2.39. The Kier molecular flexibility index (Phi) is 7.42. The monoisotopic (exact) mass is 267 g/mol. The van der Waals surface area contributed by atoms with Gasteiger partial charge in [0, 0.05) is 12.1 Å². The van der Waals surface area contributed by atoms with Crippen molar-refractivity contribution in [3.05, 3.63) is 0 Å². The Labute approximate surface area is 121 Å². The second-order valence-electron chi connectivity index (χ2n) is 7.45. The van der Waals surface area contributed by atoms with E-state index in [4.69, 9.17) is 0 Å². The Balaban J connectivity index is 2.23. The van der Waals surface area contributed by atoms with Crippen molar-refractivity contribution >= 4 is 0 Å². The molecular formula is C18H37N. The third-order valence-electron chi connectivity index (χ3n) is 5.50. The van der Waals surface area contributed by atoms with Crippen LogP contribution in [0.1, 0.15) is 92.4 Å². The second-order valence-corrected chi connectivity index (χ2v) is 7.45. The van der Waals surface area contributed by atoms with Gasteiger partial charge in [0.2, 0.25) is 0 Å². The molecule has 1 rings (SSSR count). The fourth-order valence-electron chi connectivity index (χ4n) is 3.52. The van der Waals surface area contributed by atoms with Gasteiger partial charge in [-0.05, 0) is 50.4 Å². The molecule has 0 spiro atoms. The van der Waals surface area contributed by atoms with Crippen molar-refractivity contribution < 1.29 is 0 Å². The topological polar surface area (TPSA) is 12.0 Å². The summed E-state index contributed by atoms with van der Waals surface area (Å²) in [4.78, 5) is 0. The van der Waals surface area contributed by atoms with Crippen molar-refractivity contribution in [3.8, 4) is 0 Å². The number of unbranched alkanes of at least 4 members (excludes halogenated alkanes) is 2. The lowest BCUT2D eigenvalue weighted by atomic mass is 9.69.